The lowest BCUT2D eigenvalue weighted by atomic mass is 9.81. The van der Waals surface area contributed by atoms with E-state index in [1.807, 2.05) is 24.3 Å². The fraction of sp³-hybridized carbons (Fsp3) is 0.107. The molecule has 0 bridgehead atoms. The zero-order valence-electron chi connectivity index (χ0n) is 17.6. The molecule has 0 amide bonds. The van der Waals surface area contributed by atoms with Crippen molar-refractivity contribution in [2.24, 2.45) is 0 Å². The Morgan fingerprint density at radius 1 is 0.875 bits per heavy atom. The van der Waals surface area contributed by atoms with E-state index in [0.29, 0.717) is 10.6 Å². The summed E-state index contributed by atoms with van der Waals surface area (Å²) in [6, 6.07) is 23.6. The standard InChI is InChI=1S/C28H19ClO3/c1-28(2)21-11-12-24-26(19-5-3-4-6-23(19)32-24)25(21)18-9-7-15(13-22(18)28)17-10-8-16(29)14-20(17)27(30)31/h3-14H,1-2H3,(H,30,31). The Bertz CT molecular complexity index is 1590. The van der Waals surface area contributed by atoms with Gasteiger partial charge in [-0.2, -0.15) is 0 Å². The first-order chi connectivity index (χ1) is 15.4. The first kappa shape index (κ1) is 19.1. The van der Waals surface area contributed by atoms with Crippen molar-refractivity contribution in [3.05, 3.63) is 94.5 Å². The molecule has 3 nitrogen and oxygen atoms in total. The Labute approximate surface area is 189 Å². The summed E-state index contributed by atoms with van der Waals surface area (Å²) in [5.41, 5.74) is 8.05. The van der Waals surface area contributed by atoms with Crippen LogP contribution in [0.3, 0.4) is 0 Å². The van der Waals surface area contributed by atoms with E-state index in [1.165, 1.54) is 22.8 Å². The molecule has 1 aromatic heterocycles. The molecule has 0 spiro atoms. The topological polar surface area (TPSA) is 50.4 Å². The molecule has 0 radical (unpaired) electrons. The number of carboxylic acids is 1. The van der Waals surface area contributed by atoms with Crippen LogP contribution in [-0.2, 0) is 5.41 Å². The highest BCUT2D eigenvalue weighted by atomic mass is 35.5. The van der Waals surface area contributed by atoms with Crippen LogP contribution >= 0.6 is 11.6 Å². The Morgan fingerprint density at radius 3 is 2.47 bits per heavy atom. The number of hydrogen-bond donors (Lipinski definition) is 1. The van der Waals surface area contributed by atoms with Crippen molar-refractivity contribution in [1.82, 2.24) is 0 Å². The predicted octanol–water partition coefficient (Wildman–Crippen LogP) is 7.91. The van der Waals surface area contributed by atoms with Gasteiger partial charge in [-0.3, -0.25) is 0 Å². The largest absolute Gasteiger partial charge is 0.478 e. The van der Waals surface area contributed by atoms with Gasteiger partial charge in [-0.05, 0) is 63.7 Å². The minimum atomic E-state index is -0.989. The van der Waals surface area contributed by atoms with E-state index in [4.69, 9.17) is 16.0 Å². The summed E-state index contributed by atoms with van der Waals surface area (Å²) in [4.78, 5) is 11.9. The molecule has 0 saturated carbocycles. The van der Waals surface area contributed by atoms with E-state index in [2.05, 4.69) is 44.2 Å². The molecule has 6 rings (SSSR count). The number of hydrogen-bond acceptors (Lipinski definition) is 2. The molecule has 5 aromatic rings. The molecule has 1 N–H and O–H groups in total. The Balaban J connectivity index is 1.64. The highest BCUT2D eigenvalue weighted by molar-refractivity contribution is 6.31. The molecule has 0 aliphatic heterocycles. The molecule has 0 saturated heterocycles. The van der Waals surface area contributed by atoms with E-state index in [1.54, 1.807) is 12.1 Å². The smallest absolute Gasteiger partial charge is 0.336 e. The van der Waals surface area contributed by atoms with Gasteiger partial charge in [0.2, 0.25) is 0 Å². The number of benzene rings is 4. The minimum absolute atomic E-state index is 0.203. The van der Waals surface area contributed by atoms with Crippen LogP contribution in [0.2, 0.25) is 5.02 Å². The van der Waals surface area contributed by atoms with E-state index in [0.717, 1.165) is 33.1 Å². The van der Waals surface area contributed by atoms with Gasteiger partial charge in [0.05, 0.1) is 5.56 Å². The summed E-state index contributed by atoms with van der Waals surface area (Å²) < 4.78 is 6.13. The monoisotopic (exact) mass is 438 g/mol. The van der Waals surface area contributed by atoms with Gasteiger partial charge >= 0.3 is 5.97 Å². The SMILES string of the molecule is CC1(C)c2cc(-c3ccc(Cl)cc3C(=O)O)ccc2-c2c1ccc1oc3ccccc3c21. The summed E-state index contributed by atoms with van der Waals surface area (Å²) in [6.45, 7) is 4.44. The first-order valence-corrected chi connectivity index (χ1v) is 10.9. The Kier molecular flexibility index (Phi) is 3.87. The van der Waals surface area contributed by atoms with Gasteiger partial charge in [0.1, 0.15) is 11.2 Å². The van der Waals surface area contributed by atoms with Crippen LogP contribution in [0.1, 0.15) is 35.3 Å². The number of rotatable bonds is 2. The van der Waals surface area contributed by atoms with Crippen LogP contribution < -0.4 is 0 Å². The van der Waals surface area contributed by atoms with Crippen LogP contribution in [0.15, 0.2) is 77.2 Å². The number of carbonyl (C=O) groups is 1. The molecular weight excluding hydrogens is 420 g/mol. The van der Waals surface area contributed by atoms with Crippen molar-refractivity contribution >= 4 is 39.5 Å². The number of aromatic carboxylic acids is 1. The zero-order valence-corrected chi connectivity index (χ0v) is 18.3. The maximum atomic E-state index is 11.9. The Morgan fingerprint density at radius 2 is 1.66 bits per heavy atom. The van der Waals surface area contributed by atoms with Gasteiger partial charge in [0, 0.05) is 21.2 Å². The lowest BCUT2D eigenvalue weighted by Crippen LogP contribution is -2.15. The maximum absolute atomic E-state index is 11.9. The van der Waals surface area contributed by atoms with Crippen LogP contribution in [0.25, 0.3) is 44.2 Å². The summed E-state index contributed by atoms with van der Waals surface area (Å²) in [5, 5.41) is 12.4. The predicted molar refractivity (Wildman–Crippen MR) is 129 cm³/mol. The highest BCUT2D eigenvalue weighted by Crippen LogP contribution is 2.53. The summed E-state index contributed by atoms with van der Waals surface area (Å²) in [6.07, 6.45) is 0. The first-order valence-electron chi connectivity index (χ1n) is 10.5. The van der Waals surface area contributed by atoms with Crippen molar-refractivity contribution in [3.8, 4) is 22.3 Å². The van der Waals surface area contributed by atoms with Gasteiger partial charge in [-0.25, -0.2) is 4.79 Å². The molecule has 1 aliphatic rings. The highest BCUT2D eigenvalue weighted by Gasteiger charge is 2.37. The third kappa shape index (κ3) is 2.52. The number of fused-ring (bicyclic) bond motifs is 7. The maximum Gasteiger partial charge on any atom is 0.336 e. The van der Waals surface area contributed by atoms with Crippen LogP contribution in [0.5, 0.6) is 0 Å². The number of carboxylic acid groups (broad SMARTS) is 1. The van der Waals surface area contributed by atoms with Gasteiger partial charge in [-0.15, -0.1) is 0 Å². The van der Waals surface area contributed by atoms with E-state index < -0.39 is 5.97 Å². The van der Waals surface area contributed by atoms with Gasteiger partial charge in [0.15, 0.2) is 0 Å². The van der Waals surface area contributed by atoms with Gasteiger partial charge in [0.25, 0.3) is 0 Å². The average Bonchev–Trinajstić information content (AvgIpc) is 3.26. The van der Waals surface area contributed by atoms with Crippen LogP contribution in [0.4, 0.5) is 0 Å². The molecular formula is C28H19ClO3. The number of furan rings is 1. The zero-order chi connectivity index (χ0) is 22.2. The molecule has 0 fully saturated rings. The molecule has 0 unspecified atom stereocenters. The second kappa shape index (κ2) is 6.47. The second-order valence-corrected chi connectivity index (χ2v) is 9.28. The van der Waals surface area contributed by atoms with E-state index in [9.17, 15) is 9.90 Å². The average molecular weight is 439 g/mol. The van der Waals surface area contributed by atoms with E-state index in [-0.39, 0.29) is 11.0 Å². The van der Waals surface area contributed by atoms with Crippen LogP contribution in [-0.4, -0.2) is 11.1 Å². The lowest BCUT2D eigenvalue weighted by molar-refractivity contribution is 0.0697. The molecule has 4 heteroatoms. The molecule has 1 heterocycles. The third-order valence-corrected chi connectivity index (χ3v) is 6.94. The molecule has 4 aromatic carbocycles. The van der Waals surface area contributed by atoms with Gasteiger partial charge < -0.3 is 9.52 Å². The Hall–Kier alpha value is -3.56. The summed E-state index contributed by atoms with van der Waals surface area (Å²) in [7, 11) is 0. The second-order valence-electron chi connectivity index (χ2n) is 8.84. The van der Waals surface area contributed by atoms with E-state index >= 15 is 0 Å². The number of para-hydroxylation sites is 1. The minimum Gasteiger partial charge on any atom is -0.478 e. The molecule has 32 heavy (non-hydrogen) atoms. The summed E-state index contributed by atoms with van der Waals surface area (Å²) >= 11 is 6.07. The third-order valence-electron chi connectivity index (χ3n) is 6.70. The summed E-state index contributed by atoms with van der Waals surface area (Å²) in [5.74, 6) is -0.989. The fourth-order valence-corrected chi connectivity index (χ4v) is 5.33. The van der Waals surface area contributed by atoms with Crippen molar-refractivity contribution < 1.29 is 14.3 Å². The number of halogens is 1. The van der Waals surface area contributed by atoms with Crippen molar-refractivity contribution in [1.29, 1.82) is 0 Å². The van der Waals surface area contributed by atoms with Gasteiger partial charge in [-0.1, -0.05) is 67.9 Å². The lowest BCUT2D eigenvalue weighted by Gasteiger charge is -2.22. The quantitative estimate of drug-likeness (QED) is 0.304. The van der Waals surface area contributed by atoms with Crippen molar-refractivity contribution in [2.45, 2.75) is 19.3 Å². The molecule has 1 aliphatic carbocycles. The van der Waals surface area contributed by atoms with Crippen molar-refractivity contribution in [2.75, 3.05) is 0 Å². The normalized spacial score (nSPS) is 14.0. The van der Waals surface area contributed by atoms with Crippen LogP contribution in [0, 0.1) is 0 Å². The molecule has 0 atom stereocenters. The van der Waals surface area contributed by atoms with Crippen molar-refractivity contribution in [3.63, 3.8) is 0 Å². The molecule has 156 valence electrons. The fourth-order valence-electron chi connectivity index (χ4n) is 5.15.